The number of amides is 2. The first-order valence-corrected chi connectivity index (χ1v) is 9.52. The summed E-state index contributed by atoms with van der Waals surface area (Å²) in [5, 5.41) is 15.9. The summed E-state index contributed by atoms with van der Waals surface area (Å²) < 4.78 is 5.77. The number of hydrogen-bond donors (Lipinski definition) is 3. The van der Waals surface area contributed by atoms with Crippen LogP contribution in [0.15, 0.2) is 30.3 Å². The first-order valence-electron chi connectivity index (χ1n) is 9.52. The van der Waals surface area contributed by atoms with Crippen molar-refractivity contribution in [3.05, 3.63) is 35.9 Å². The molecule has 0 unspecified atom stereocenters. The molecule has 1 aromatic carbocycles. The molecule has 0 spiro atoms. The number of fused-ring (bicyclic) bond motifs is 1. The van der Waals surface area contributed by atoms with E-state index in [-0.39, 0.29) is 18.0 Å². The Morgan fingerprint density at radius 2 is 2.08 bits per heavy atom. The van der Waals surface area contributed by atoms with Crippen molar-refractivity contribution in [2.45, 2.75) is 63.2 Å². The fraction of sp³-hybridized carbons (Fsp3) is 0.650. The molecule has 0 bridgehead atoms. The van der Waals surface area contributed by atoms with Gasteiger partial charge in [0.1, 0.15) is 0 Å². The van der Waals surface area contributed by atoms with Crippen molar-refractivity contribution < 1.29 is 14.6 Å². The maximum Gasteiger partial charge on any atom is 0.315 e. The van der Waals surface area contributed by atoms with Crippen LogP contribution < -0.4 is 10.6 Å². The van der Waals surface area contributed by atoms with E-state index in [1.807, 2.05) is 30.3 Å². The second-order valence-electron chi connectivity index (χ2n) is 7.45. The number of urea groups is 1. The van der Waals surface area contributed by atoms with Crippen LogP contribution in [0.4, 0.5) is 4.79 Å². The maximum atomic E-state index is 12.4. The van der Waals surface area contributed by atoms with Gasteiger partial charge in [-0.2, -0.15) is 0 Å². The third-order valence-electron chi connectivity index (χ3n) is 5.50. The Labute approximate surface area is 150 Å². The highest BCUT2D eigenvalue weighted by Crippen LogP contribution is 2.34. The van der Waals surface area contributed by atoms with E-state index in [4.69, 9.17) is 4.74 Å². The van der Waals surface area contributed by atoms with Crippen LogP contribution in [-0.2, 0) is 4.74 Å². The number of ether oxygens (including phenoxy) is 1. The normalized spacial score (nSPS) is 28.0. The smallest absolute Gasteiger partial charge is 0.315 e. The zero-order chi connectivity index (χ0) is 17.6. The summed E-state index contributed by atoms with van der Waals surface area (Å²) in [7, 11) is 0. The van der Waals surface area contributed by atoms with E-state index < -0.39 is 6.10 Å². The molecule has 1 aliphatic carbocycles. The molecule has 0 radical (unpaired) electrons. The minimum atomic E-state index is -0.398. The molecule has 1 saturated carbocycles. The topological polar surface area (TPSA) is 70.6 Å². The molecule has 5 atom stereocenters. The second-order valence-corrected chi connectivity index (χ2v) is 7.45. The van der Waals surface area contributed by atoms with Crippen LogP contribution in [0, 0.1) is 5.92 Å². The third-order valence-corrected chi connectivity index (χ3v) is 5.50. The Kier molecular flexibility index (Phi) is 6.32. The molecular weight excluding hydrogens is 316 g/mol. The maximum absolute atomic E-state index is 12.4. The van der Waals surface area contributed by atoms with Crippen LogP contribution in [0.5, 0.6) is 0 Å². The highest BCUT2D eigenvalue weighted by molar-refractivity contribution is 5.74. The van der Waals surface area contributed by atoms with Gasteiger partial charge in [0.15, 0.2) is 0 Å². The number of carbonyl (C=O) groups is 1. The van der Waals surface area contributed by atoms with Gasteiger partial charge in [0.25, 0.3) is 0 Å². The minimum Gasteiger partial charge on any atom is -0.393 e. The Morgan fingerprint density at radius 1 is 1.28 bits per heavy atom. The number of nitrogens with one attached hydrogen (secondary N) is 2. The van der Waals surface area contributed by atoms with Crippen molar-refractivity contribution in [3.63, 3.8) is 0 Å². The molecular formula is C20H30N2O3. The van der Waals surface area contributed by atoms with Gasteiger partial charge >= 0.3 is 6.03 Å². The van der Waals surface area contributed by atoms with Crippen molar-refractivity contribution in [1.29, 1.82) is 0 Å². The summed E-state index contributed by atoms with van der Waals surface area (Å²) in [6, 6.07) is 10.2. The Hall–Kier alpha value is -1.59. The van der Waals surface area contributed by atoms with Crippen LogP contribution in [0.3, 0.4) is 0 Å². The van der Waals surface area contributed by atoms with Gasteiger partial charge in [-0.25, -0.2) is 4.79 Å². The zero-order valence-electron chi connectivity index (χ0n) is 15.0. The lowest BCUT2D eigenvalue weighted by Crippen LogP contribution is -2.49. The number of aliphatic hydroxyl groups excluding tert-OH is 1. The summed E-state index contributed by atoms with van der Waals surface area (Å²) in [5.74, 6) is 0.572. The summed E-state index contributed by atoms with van der Waals surface area (Å²) in [4.78, 5) is 12.4. The van der Waals surface area contributed by atoms with Crippen molar-refractivity contribution in [2.24, 2.45) is 5.92 Å². The van der Waals surface area contributed by atoms with E-state index in [1.165, 1.54) is 0 Å². The highest BCUT2D eigenvalue weighted by atomic mass is 16.5. The van der Waals surface area contributed by atoms with Crippen molar-refractivity contribution >= 4 is 6.03 Å². The zero-order valence-corrected chi connectivity index (χ0v) is 15.0. The highest BCUT2D eigenvalue weighted by Gasteiger charge is 2.38. The lowest BCUT2D eigenvalue weighted by Gasteiger charge is -2.33. The van der Waals surface area contributed by atoms with Gasteiger partial charge in [0, 0.05) is 31.0 Å². The largest absolute Gasteiger partial charge is 0.393 e. The average Bonchev–Trinajstić information content (AvgIpc) is 3.09. The van der Waals surface area contributed by atoms with E-state index >= 15 is 0 Å². The van der Waals surface area contributed by atoms with E-state index in [9.17, 15) is 9.90 Å². The Balaban J connectivity index is 1.52. The van der Waals surface area contributed by atoms with Crippen molar-refractivity contribution in [1.82, 2.24) is 10.6 Å². The lowest BCUT2D eigenvalue weighted by atomic mass is 9.82. The SMILES string of the molecule is C[C@H](O)C[C@H](CNC(=O)N[C@@H]1CCC[C@H]2OCC[C@H]12)c1ccccc1. The molecule has 1 heterocycles. The van der Waals surface area contributed by atoms with E-state index in [0.29, 0.717) is 25.0 Å². The molecule has 138 valence electrons. The van der Waals surface area contributed by atoms with E-state index in [2.05, 4.69) is 10.6 Å². The van der Waals surface area contributed by atoms with E-state index in [0.717, 1.165) is 37.9 Å². The molecule has 1 aliphatic heterocycles. The fourth-order valence-electron chi connectivity index (χ4n) is 4.26. The molecule has 5 nitrogen and oxygen atoms in total. The molecule has 2 fully saturated rings. The first kappa shape index (κ1) is 18.2. The second kappa shape index (κ2) is 8.68. The Bertz CT molecular complexity index is 549. The van der Waals surface area contributed by atoms with Crippen LogP contribution in [0.2, 0.25) is 0 Å². The molecule has 2 amide bonds. The van der Waals surface area contributed by atoms with Crippen molar-refractivity contribution in [3.8, 4) is 0 Å². The number of rotatable bonds is 6. The van der Waals surface area contributed by atoms with Gasteiger partial charge in [-0.15, -0.1) is 0 Å². The van der Waals surface area contributed by atoms with Gasteiger partial charge in [0.2, 0.25) is 0 Å². The predicted octanol–water partition coefficient (Wildman–Crippen LogP) is 2.80. The fourth-order valence-corrected chi connectivity index (χ4v) is 4.26. The van der Waals surface area contributed by atoms with Crippen LogP contribution >= 0.6 is 0 Å². The predicted molar refractivity (Wildman–Crippen MR) is 97.5 cm³/mol. The van der Waals surface area contributed by atoms with Crippen LogP contribution in [0.25, 0.3) is 0 Å². The number of hydrogen-bond acceptors (Lipinski definition) is 3. The minimum absolute atomic E-state index is 0.107. The van der Waals surface area contributed by atoms with Gasteiger partial charge < -0.3 is 20.5 Å². The summed E-state index contributed by atoms with van der Waals surface area (Å²) in [6.45, 7) is 3.13. The van der Waals surface area contributed by atoms with Crippen LogP contribution in [-0.4, -0.2) is 42.5 Å². The van der Waals surface area contributed by atoms with Gasteiger partial charge in [-0.1, -0.05) is 30.3 Å². The number of aliphatic hydroxyl groups is 1. The molecule has 0 aromatic heterocycles. The molecule has 5 heteroatoms. The lowest BCUT2D eigenvalue weighted by molar-refractivity contribution is 0.0549. The molecule has 3 rings (SSSR count). The van der Waals surface area contributed by atoms with Gasteiger partial charge in [-0.05, 0) is 44.6 Å². The number of carbonyl (C=O) groups excluding carboxylic acids is 1. The monoisotopic (exact) mass is 346 g/mol. The quantitative estimate of drug-likeness (QED) is 0.742. The molecule has 3 N–H and O–H groups in total. The average molecular weight is 346 g/mol. The summed E-state index contributed by atoms with van der Waals surface area (Å²) in [5.41, 5.74) is 1.14. The third kappa shape index (κ3) is 4.95. The molecule has 1 saturated heterocycles. The van der Waals surface area contributed by atoms with Crippen LogP contribution in [0.1, 0.15) is 50.5 Å². The molecule has 25 heavy (non-hydrogen) atoms. The van der Waals surface area contributed by atoms with Crippen molar-refractivity contribution in [2.75, 3.05) is 13.2 Å². The van der Waals surface area contributed by atoms with Gasteiger partial charge in [-0.3, -0.25) is 0 Å². The Morgan fingerprint density at radius 3 is 2.84 bits per heavy atom. The molecule has 2 aliphatic rings. The van der Waals surface area contributed by atoms with Gasteiger partial charge in [0.05, 0.1) is 12.2 Å². The molecule has 1 aromatic rings. The van der Waals surface area contributed by atoms with E-state index in [1.54, 1.807) is 6.92 Å². The first-order chi connectivity index (χ1) is 12.1. The standard InChI is InChI=1S/C20H30N2O3/c1-14(23)12-16(15-6-3-2-4-7-15)13-21-20(24)22-18-8-5-9-19-17(18)10-11-25-19/h2-4,6-7,14,16-19,23H,5,8-13H2,1H3,(H2,21,22,24)/t14-,16+,17+,18+,19+/m0/s1. The number of benzene rings is 1. The summed E-state index contributed by atoms with van der Waals surface area (Å²) >= 11 is 0. The summed E-state index contributed by atoms with van der Waals surface area (Å²) in [6.07, 6.45) is 4.87.